The van der Waals surface area contributed by atoms with E-state index >= 15 is 0 Å². The molecule has 3 rings (SSSR count). The van der Waals surface area contributed by atoms with Crippen LogP contribution < -0.4 is 4.74 Å². The van der Waals surface area contributed by atoms with Crippen molar-refractivity contribution in [2.75, 3.05) is 13.3 Å². The second kappa shape index (κ2) is 10.9. The highest BCUT2D eigenvalue weighted by Crippen LogP contribution is 2.39. The number of thioether (sulfide) groups is 1. The molecule has 0 aliphatic heterocycles. The molecule has 0 fully saturated rings. The number of carbonyl (C=O) groups excluding carboxylic acids is 2. The Morgan fingerprint density at radius 3 is 2.45 bits per heavy atom. The summed E-state index contributed by atoms with van der Waals surface area (Å²) >= 11 is 6.57. The van der Waals surface area contributed by atoms with E-state index in [1.54, 1.807) is 44.2 Å². The first-order valence-electron chi connectivity index (χ1n) is 9.90. The van der Waals surface area contributed by atoms with Gasteiger partial charge in [0.1, 0.15) is 22.0 Å². The minimum Gasteiger partial charge on any atom is -0.462 e. The SMILES string of the molecule is CCOC(=O)c1c(S[C@H](Cl)CF)nc2cc(F)c(F)cc2c1OC(=O)[C@H](C)c1ccccc1. The van der Waals surface area contributed by atoms with Gasteiger partial charge in [0.25, 0.3) is 0 Å². The molecule has 0 aliphatic rings. The van der Waals surface area contributed by atoms with Crippen molar-refractivity contribution in [3.63, 3.8) is 0 Å². The number of carbonyl (C=O) groups is 2. The van der Waals surface area contributed by atoms with Gasteiger partial charge in [-0.25, -0.2) is 22.9 Å². The Morgan fingerprint density at radius 1 is 1.15 bits per heavy atom. The molecule has 0 radical (unpaired) electrons. The summed E-state index contributed by atoms with van der Waals surface area (Å²) in [6.45, 7) is 2.16. The lowest BCUT2D eigenvalue weighted by molar-refractivity contribution is -0.135. The normalized spacial score (nSPS) is 12.9. The maximum atomic E-state index is 14.1. The lowest BCUT2D eigenvalue weighted by Crippen LogP contribution is -2.20. The van der Waals surface area contributed by atoms with Gasteiger partial charge in [-0.15, -0.1) is 11.6 Å². The standard InChI is InChI=1S/C23H19ClF3NO4S/c1-3-31-23(30)19-20(32-22(29)12(2)13-7-5-4-6-8-13)14-9-15(26)16(27)10-17(14)28-21(19)33-18(24)11-25/h4-10,12,18H,3,11H2,1-2H3/t12-,18+/m1/s1. The number of pyridine rings is 1. The minimum absolute atomic E-state index is 0.0278. The van der Waals surface area contributed by atoms with Gasteiger partial charge in [0, 0.05) is 11.5 Å². The van der Waals surface area contributed by atoms with Crippen LogP contribution in [-0.4, -0.2) is 34.9 Å². The molecule has 33 heavy (non-hydrogen) atoms. The molecule has 0 spiro atoms. The van der Waals surface area contributed by atoms with E-state index in [0.29, 0.717) is 17.3 Å². The predicted octanol–water partition coefficient (Wildman–Crippen LogP) is 6.03. The third-order valence-corrected chi connectivity index (χ3v) is 5.93. The summed E-state index contributed by atoms with van der Waals surface area (Å²) in [4.78, 5) is 29.9. The van der Waals surface area contributed by atoms with E-state index in [0.717, 1.165) is 12.1 Å². The molecule has 0 amide bonds. The molecule has 0 saturated heterocycles. The fraction of sp³-hybridized carbons (Fsp3) is 0.261. The molecule has 0 bridgehead atoms. The van der Waals surface area contributed by atoms with Crippen molar-refractivity contribution in [2.45, 2.75) is 29.5 Å². The van der Waals surface area contributed by atoms with Crippen molar-refractivity contribution in [2.24, 2.45) is 0 Å². The number of benzene rings is 2. The van der Waals surface area contributed by atoms with Gasteiger partial charge in [-0.3, -0.25) is 4.79 Å². The van der Waals surface area contributed by atoms with Gasteiger partial charge in [0.2, 0.25) is 0 Å². The summed E-state index contributed by atoms with van der Waals surface area (Å²) in [5.74, 6) is -5.23. The highest BCUT2D eigenvalue weighted by Gasteiger charge is 2.29. The van der Waals surface area contributed by atoms with Crippen LogP contribution in [0.25, 0.3) is 10.9 Å². The number of hydrogen-bond acceptors (Lipinski definition) is 6. The zero-order chi connectivity index (χ0) is 24.1. The van der Waals surface area contributed by atoms with E-state index in [1.807, 2.05) is 0 Å². The maximum absolute atomic E-state index is 14.1. The van der Waals surface area contributed by atoms with Gasteiger partial charge >= 0.3 is 11.9 Å². The van der Waals surface area contributed by atoms with Crippen LogP contribution in [0.3, 0.4) is 0 Å². The maximum Gasteiger partial charge on any atom is 0.344 e. The van der Waals surface area contributed by atoms with E-state index in [1.165, 1.54) is 0 Å². The van der Waals surface area contributed by atoms with Crippen LogP contribution in [0.15, 0.2) is 47.5 Å². The largest absolute Gasteiger partial charge is 0.462 e. The number of hydrogen-bond donors (Lipinski definition) is 0. The van der Waals surface area contributed by atoms with Gasteiger partial charge in [0.15, 0.2) is 17.4 Å². The number of rotatable bonds is 8. The third kappa shape index (κ3) is 5.59. The van der Waals surface area contributed by atoms with Crippen LogP contribution >= 0.6 is 23.4 Å². The lowest BCUT2D eigenvalue weighted by Gasteiger charge is -2.18. The minimum atomic E-state index is -1.23. The first kappa shape index (κ1) is 24.9. The Balaban J connectivity index is 2.21. The molecular formula is C23H19ClF3NO4S. The third-order valence-electron chi connectivity index (χ3n) is 4.64. The van der Waals surface area contributed by atoms with E-state index in [-0.39, 0.29) is 33.8 Å². The van der Waals surface area contributed by atoms with E-state index < -0.39 is 40.9 Å². The second-order valence-corrected chi connectivity index (χ2v) is 8.84. The van der Waals surface area contributed by atoms with Crippen molar-refractivity contribution in [1.29, 1.82) is 0 Å². The molecule has 2 aromatic carbocycles. The molecule has 0 saturated carbocycles. The average molecular weight is 498 g/mol. The van der Waals surface area contributed by atoms with E-state index in [4.69, 9.17) is 21.1 Å². The molecule has 10 heteroatoms. The summed E-state index contributed by atoms with van der Waals surface area (Å²) < 4.78 is 50.6. The van der Waals surface area contributed by atoms with Crippen LogP contribution in [0.2, 0.25) is 0 Å². The summed E-state index contributed by atoms with van der Waals surface area (Å²) in [7, 11) is 0. The number of fused-ring (bicyclic) bond motifs is 1. The van der Waals surface area contributed by atoms with Crippen molar-refractivity contribution in [3.8, 4) is 5.75 Å². The van der Waals surface area contributed by atoms with Crippen LogP contribution in [0.5, 0.6) is 5.75 Å². The van der Waals surface area contributed by atoms with Gasteiger partial charge in [0.05, 0.1) is 18.0 Å². The molecule has 1 heterocycles. The monoisotopic (exact) mass is 497 g/mol. The highest BCUT2D eigenvalue weighted by atomic mass is 35.5. The Morgan fingerprint density at radius 2 is 1.82 bits per heavy atom. The zero-order valence-corrected chi connectivity index (χ0v) is 19.2. The van der Waals surface area contributed by atoms with Gasteiger partial charge in [-0.05, 0) is 25.5 Å². The Bertz CT molecular complexity index is 1180. The highest BCUT2D eigenvalue weighted by molar-refractivity contribution is 8.01. The Hall–Kier alpha value is -2.78. The fourth-order valence-corrected chi connectivity index (χ4v) is 4.01. The molecule has 2 atom stereocenters. The molecule has 0 aliphatic carbocycles. The molecule has 1 aromatic heterocycles. The number of alkyl halides is 2. The van der Waals surface area contributed by atoms with Crippen LogP contribution in [-0.2, 0) is 9.53 Å². The first-order valence-corrected chi connectivity index (χ1v) is 11.2. The number of halogens is 4. The van der Waals surface area contributed by atoms with Crippen molar-refractivity contribution >= 4 is 46.2 Å². The summed E-state index contributed by atoms with van der Waals surface area (Å²) in [6.07, 6.45) is 0. The second-order valence-electron chi connectivity index (χ2n) is 6.86. The smallest absolute Gasteiger partial charge is 0.344 e. The van der Waals surface area contributed by atoms with Crippen LogP contribution in [0, 0.1) is 11.6 Å². The topological polar surface area (TPSA) is 65.5 Å². The number of esters is 2. The molecule has 3 aromatic rings. The molecule has 0 unspecified atom stereocenters. The summed E-state index contributed by atoms with van der Waals surface area (Å²) in [5.41, 5.74) is 0.207. The molecule has 0 N–H and O–H groups in total. The molecule has 5 nitrogen and oxygen atoms in total. The summed E-state index contributed by atoms with van der Waals surface area (Å²) in [6, 6.07) is 10.3. The Kier molecular flexibility index (Phi) is 8.20. The number of aromatic nitrogens is 1. The number of ether oxygens (including phenoxy) is 2. The fourth-order valence-electron chi connectivity index (χ4n) is 3.00. The Labute approximate surface area is 197 Å². The van der Waals surface area contributed by atoms with Crippen molar-refractivity contribution < 1.29 is 32.2 Å². The van der Waals surface area contributed by atoms with Gasteiger partial charge in [-0.1, -0.05) is 42.1 Å². The summed E-state index contributed by atoms with van der Waals surface area (Å²) in [5, 5.41) is -0.263. The quantitative estimate of drug-likeness (QED) is 0.215. The van der Waals surface area contributed by atoms with Crippen LogP contribution in [0.4, 0.5) is 13.2 Å². The van der Waals surface area contributed by atoms with Crippen molar-refractivity contribution in [3.05, 3.63) is 65.2 Å². The van der Waals surface area contributed by atoms with E-state index in [9.17, 15) is 22.8 Å². The zero-order valence-electron chi connectivity index (χ0n) is 17.6. The van der Waals surface area contributed by atoms with Gasteiger partial charge in [-0.2, -0.15) is 0 Å². The number of nitrogens with zero attached hydrogens (tertiary/aromatic N) is 1. The average Bonchev–Trinajstić information content (AvgIpc) is 2.80. The van der Waals surface area contributed by atoms with E-state index in [2.05, 4.69) is 4.98 Å². The first-order chi connectivity index (χ1) is 15.8. The predicted molar refractivity (Wildman–Crippen MR) is 120 cm³/mol. The molecule has 174 valence electrons. The van der Waals surface area contributed by atoms with Gasteiger partial charge < -0.3 is 9.47 Å². The van der Waals surface area contributed by atoms with Crippen LogP contribution in [0.1, 0.15) is 35.7 Å². The lowest BCUT2D eigenvalue weighted by atomic mass is 10.0. The van der Waals surface area contributed by atoms with Crippen molar-refractivity contribution in [1.82, 2.24) is 4.98 Å². The molecular weight excluding hydrogens is 479 g/mol.